The maximum absolute atomic E-state index is 16.0. The van der Waals surface area contributed by atoms with Gasteiger partial charge in [-0.2, -0.15) is 0 Å². The van der Waals surface area contributed by atoms with Crippen molar-refractivity contribution >= 4 is 11.9 Å². The number of carbonyl (C=O) groups excluding carboxylic acids is 2. The first kappa shape index (κ1) is 37.9. The highest BCUT2D eigenvalue weighted by molar-refractivity contribution is 6.00. The second kappa shape index (κ2) is 13.1. The van der Waals surface area contributed by atoms with Gasteiger partial charge in [0.05, 0.1) is 11.0 Å². The molecular weight excluding hydrogens is 779 g/mol. The number of benzene rings is 2. The maximum atomic E-state index is 16.0. The van der Waals surface area contributed by atoms with Gasteiger partial charge in [0.1, 0.15) is 11.2 Å². The molecule has 13 atom stereocenters. The number of esters is 2. The molecule has 63 heavy (non-hydrogen) atoms. The summed E-state index contributed by atoms with van der Waals surface area (Å²) in [6, 6.07) is 14.5. The van der Waals surface area contributed by atoms with Gasteiger partial charge in [-0.15, -0.1) is 0 Å². The van der Waals surface area contributed by atoms with E-state index in [1.165, 1.54) is 46.3 Å². The second-order valence-electron chi connectivity index (χ2n) is 22.2. The number of nitrogens with two attached hydrogens (primary N) is 1. The highest BCUT2D eigenvalue weighted by Gasteiger charge is 2.92. The molecule has 2 aromatic carbocycles. The summed E-state index contributed by atoms with van der Waals surface area (Å²) >= 11 is 0. The third-order valence-corrected chi connectivity index (χ3v) is 19.7. The van der Waals surface area contributed by atoms with Crippen LogP contribution in [0.4, 0.5) is 0 Å². The summed E-state index contributed by atoms with van der Waals surface area (Å²) in [7, 11) is 0. The summed E-state index contributed by atoms with van der Waals surface area (Å²) in [6.45, 7) is 8.84. The monoisotopic (exact) mass is 839 g/mol. The van der Waals surface area contributed by atoms with Gasteiger partial charge in [0, 0.05) is 67.2 Å². The van der Waals surface area contributed by atoms with Gasteiger partial charge in [-0.1, -0.05) is 78.8 Å². The van der Waals surface area contributed by atoms with Crippen LogP contribution in [0, 0.1) is 64.1 Å². The molecule has 15 aliphatic rings. The van der Waals surface area contributed by atoms with Gasteiger partial charge in [0.25, 0.3) is 0 Å². The number of hydrogen-bond donors (Lipinski definition) is 1. The SMILES string of the molecule is CC1C2C#CCc3ccc4cc3CC3=CC5=C6CCC78C(=CCC(C)N9CC%10CC(C9)C9CCC2=C(C6C31)N9C%10)OC(=O)C57C(CCCC4)C81OC(=O)c2c(CCCN)cccc21. The Bertz CT molecular complexity index is 2640. The van der Waals surface area contributed by atoms with Crippen LogP contribution in [0.15, 0.2) is 82.3 Å². The molecule has 2 N–H and O–H groups in total. The van der Waals surface area contributed by atoms with Crippen LogP contribution in [0.3, 0.4) is 0 Å². The molecule has 0 aromatic heterocycles. The molecule has 13 unspecified atom stereocenters. The van der Waals surface area contributed by atoms with Crippen molar-refractivity contribution in [1.82, 2.24) is 9.80 Å². The van der Waals surface area contributed by atoms with E-state index in [4.69, 9.17) is 15.2 Å². The molecule has 17 bridgehead atoms. The van der Waals surface area contributed by atoms with Crippen molar-refractivity contribution in [2.24, 2.45) is 58.0 Å². The molecule has 17 rings (SSSR count). The third-order valence-electron chi connectivity index (χ3n) is 19.7. The summed E-state index contributed by atoms with van der Waals surface area (Å²) < 4.78 is 14.3. The lowest BCUT2D eigenvalue weighted by atomic mass is 9.29. The van der Waals surface area contributed by atoms with Gasteiger partial charge in [-0.05, 0) is 154 Å². The number of aryl methyl sites for hydroxylation is 2. The number of rotatable bonds is 3. The number of piperidine rings is 2. The molecule has 7 nitrogen and oxygen atoms in total. The average molecular weight is 840 g/mol. The number of carbonyl (C=O) groups is 2. The second-order valence-corrected chi connectivity index (χ2v) is 22.2. The predicted octanol–water partition coefficient (Wildman–Crippen LogP) is 8.51. The van der Waals surface area contributed by atoms with Gasteiger partial charge in [0.15, 0.2) is 5.60 Å². The molecule has 3 saturated heterocycles. The van der Waals surface area contributed by atoms with Gasteiger partial charge in [-0.25, -0.2) is 4.79 Å². The summed E-state index contributed by atoms with van der Waals surface area (Å²) in [5.74, 6) is 10.4. The number of ether oxygens (including phenoxy) is 2. The lowest BCUT2D eigenvalue weighted by Gasteiger charge is -2.71. The molecule has 7 heteroatoms. The molecule has 6 aliphatic carbocycles. The molecule has 3 spiro atoms. The van der Waals surface area contributed by atoms with E-state index in [0.29, 0.717) is 42.3 Å². The van der Waals surface area contributed by atoms with Crippen LogP contribution in [-0.2, 0) is 45.6 Å². The van der Waals surface area contributed by atoms with Crippen molar-refractivity contribution in [2.75, 3.05) is 26.2 Å². The average Bonchev–Trinajstić information content (AvgIpc) is 3.73. The minimum absolute atomic E-state index is 0.100. The minimum Gasteiger partial charge on any atom is -0.449 e. The van der Waals surface area contributed by atoms with E-state index in [0.717, 1.165) is 119 Å². The van der Waals surface area contributed by atoms with E-state index >= 15 is 4.79 Å². The third kappa shape index (κ3) is 4.52. The maximum Gasteiger partial charge on any atom is 0.339 e. The van der Waals surface area contributed by atoms with Crippen LogP contribution in [0.5, 0.6) is 0 Å². The molecule has 1 saturated carbocycles. The van der Waals surface area contributed by atoms with Gasteiger partial charge in [0.2, 0.25) is 0 Å². The summed E-state index contributed by atoms with van der Waals surface area (Å²) in [5.41, 5.74) is 17.6. The van der Waals surface area contributed by atoms with Crippen molar-refractivity contribution in [3.8, 4) is 11.8 Å². The van der Waals surface area contributed by atoms with Crippen LogP contribution in [-0.4, -0.2) is 60.0 Å². The highest BCUT2D eigenvalue weighted by Crippen LogP contribution is 2.87. The van der Waals surface area contributed by atoms with Crippen LogP contribution in [0.2, 0.25) is 0 Å². The summed E-state index contributed by atoms with van der Waals surface area (Å²) in [5, 5.41) is 0. The molecule has 324 valence electrons. The van der Waals surface area contributed by atoms with Gasteiger partial charge >= 0.3 is 11.9 Å². The smallest absolute Gasteiger partial charge is 0.339 e. The summed E-state index contributed by atoms with van der Waals surface area (Å²) in [6.07, 6.45) is 17.8. The Morgan fingerprint density at radius 3 is 2.81 bits per heavy atom. The zero-order valence-electron chi connectivity index (χ0n) is 37.1. The lowest BCUT2D eigenvalue weighted by Crippen LogP contribution is -2.77. The number of hydrogen-bond acceptors (Lipinski definition) is 7. The number of nitrogens with zero attached hydrogens (tertiary/aromatic N) is 2. The van der Waals surface area contributed by atoms with Crippen LogP contribution in [0.25, 0.3) is 0 Å². The van der Waals surface area contributed by atoms with E-state index in [2.05, 4.69) is 84.0 Å². The summed E-state index contributed by atoms with van der Waals surface area (Å²) in [4.78, 5) is 36.7. The molecule has 9 heterocycles. The Morgan fingerprint density at radius 1 is 0.984 bits per heavy atom. The van der Waals surface area contributed by atoms with Crippen molar-refractivity contribution in [2.45, 2.75) is 121 Å². The first-order valence-corrected chi connectivity index (χ1v) is 25.0. The fraction of sp³-hybridized carbons (Fsp3) is 0.571. The van der Waals surface area contributed by atoms with Crippen molar-refractivity contribution in [3.05, 3.63) is 116 Å². The normalized spacial score (nSPS) is 41.7. The largest absolute Gasteiger partial charge is 0.449 e. The molecule has 0 amide bonds. The Balaban J connectivity index is 1.09. The van der Waals surface area contributed by atoms with Crippen molar-refractivity contribution in [1.29, 1.82) is 0 Å². The van der Waals surface area contributed by atoms with Gasteiger partial charge < -0.3 is 20.1 Å². The number of allylic oxidation sites excluding steroid dienone is 4. The van der Waals surface area contributed by atoms with E-state index in [-0.39, 0.29) is 29.7 Å². The zero-order valence-corrected chi connectivity index (χ0v) is 37.1. The van der Waals surface area contributed by atoms with Crippen molar-refractivity contribution in [3.63, 3.8) is 0 Å². The lowest BCUT2D eigenvalue weighted by molar-refractivity contribution is -0.275. The molecule has 0 radical (unpaired) electrons. The Kier molecular flexibility index (Phi) is 7.91. The van der Waals surface area contributed by atoms with Crippen LogP contribution < -0.4 is 5.73 Å². The standard InChI is InChI=1S/C56H61N3O4/c1-31-15-20-47-54-22-21-42-44-27-38-26-37-24-33(8-3-4-14-46(55(44,54)53(61)62-47)56(54)43-13-6-10-36(11-7-23-57)49(43)52(60)63-56)16-17-35(37)9-5-12-40-32(2)48(38)50(42)51-41(40)18-19-45-39-25-34(29-59(45)51)28-58(31)30-39/h6,10,13,16-17,20,24,27,31-32,34,39-40,45-46,48,50H,3-4,7-9,11,14-15,18-19,21-23,25-26,28-30,57H2,1-2H3. The Labute approximate surface area is 372 Å². The number of fused-ring (bicyclic) bond motifs is 6. The first-order valence-electron chi connectivity index (χ1n) is 25.0. The van der Waals surface area contributed by atoms with Crippen LogP contribution in [0.1, 0.15) is 116 Å². The van der Waals surface area contributed by atoms with Gasteiger partial charge in [-0.3, -0.25) is 9.69 Å². The van der Waals surface area contributed by atoms with E-state index in [1.807, 2.05) is 0 Å². The Morgan fingerprint density at radius 2 is 1.90 bits per heavy atom. The highest BCUT2D eigenvalue weighted by atomic mass is 16.6. The quantitative estimate of drug-likeness (QED) is 0.245. The predicted molar refractivity (Wildman–Crippen MR) is 241 cm³/mol. The molecule has 4 fully saturated rings. The fourth-order valence-electron chi connectivity index (χ4n) is 17.5. The van der Waals surface area contributed by atoms with Crippen molar-refractivity contribution < 1.29 is 19.1 Å². The molecular formula is C56H61N3O4. The van der Waals surface area contributed by atoms with Crippen LogP contribution >= 0.6 is 0 Å². The molecule has 9 aliphatic heterocycles. The fourth-order valence-corrected chi connectivity index (χ4v) is 17.5. The Hall–Kier alpha value is -4.38. The zero-order chi connectivity index (χ0) is 42.1. The molecule has 2 aromatic rings. The first-order chi connectivity index (χ1) is 30.8. The van der Waals surface area contributed by atoms with E-state index < -0.39 is 16.4 Å². The van der Waals surface area contributed by atoms with E-state index in [9.17, 15) is 4.79 Å². The topological polar surface area (TPSA) is 85.1 Å². The van der Waals surface area contributed by atoms with E-state index in [1.54, 1.807) is 11.3 Å². The minimum atomic E-state index is -1.01.